The van der Waals surface area contributed by atoms with Crippen molar-refractivity contribution in [3.8, 4) is 0 Å². The number of rotatable bonds is 7. The van der Waals surface area contributed by atoms with Gasteiger partial charge in [0.15, 0.2) is 0 Å². The summed E-state index contributed by atoms with van der Waals surface area (Å²) in [7, 11) is 0. The maximum absolute atomic E-state index is 12.0. The predicted octanol–water partition coefficient (Wildman–Crippen LogP) is 1.24. The number of nitrogens with one attached hydrogen (secondary N) is 2. The van der Waals surface area contributed by atoms with Crippen LogP contribution in [0.3, 0.4) is 0 Å². The fourth-order valence-electron chi connectivity index (χ4n) is 2.28. The molecule has 0 aromatic heterocycles. The Kier molecular flexibility index (Phi) is 6.11. The number of aliphatic hydroxyl groups excluding tert-OH is 1. The van der Waals surface area contributed by atoms with Gasteiger partial charge in [-0.15, -0.1) is 0 Å². The van der Waals surface area contributed by atoms with Crippen molar-refractivity contribution in [2.24, 2.45) is 5.92 Å². The van der Waals surface area contributed by atoms with Gasteiger partial charge in [0.05, 0.1) is 13.0 Å². The van der Waals surface area contributed by atoms with Crippen LogP contribution in [0.5, 0.6) is 0 Å². The largest absolute Gasteiger partial charge is 0.396 e. The van der Waals surface area contributed by atoms with Crippen molar-refractivity contribution in [3.63, 3.8) is 0 Å². The maximum atomic E-state index is 12.0. The Morgan fingerprint density at radius 1 is 1.04 bits per heavy atom. The van der Waals surface area contributed by atoms with Gasteiger partial charge in [0.2, 0.25) is 11.8 Å². The van der Waals surface area contributed by atoms with E-state index in [9.17, 15) is 9.59 Å². The first-order valence-electron chi connectivity index (χ1n) is 7.71. The minimum atomic E-state index is -0.253. The van der Waals surface area contributed by atoms with Crippen LogP contribution in [0.4, 0.5) is 0 Å². The molecule has 0 aliphatic rings. The van der Waals surface area contributed by atoms with E-state index in [1.807, 2.05) is 49.4 Å². The van der Waals surface area contributed by atoms with Gasteiger partial charge in [-0.05, 0) is 22.3 Å². The highest BCUT2D eigenvalue weighted by Crippen LogP contribution is 2.18. The Bertz CT molecular complexity index is 680. The second-order valence-electron chi connectivity index (χ2n) is 5.68. The van der Waals surface area contributed by atoms with Gasteiger partial charge in [-0.1, -0.05) is 49.4 Å². The lowest BCUT2D eigenvalue weighted by atomic mass is 10.0. The number of fused-ring (bicyclic) bond motifs is 1. The molecule has 23 heavy (non-hydrogen) atoms. The van der Waals surface area contributed by atoms with Crippen LogP contribution < -0.4 is 10.6 Å². The molecule has 1 unspecified atom stereocenters. The SMILES string of the molecule is CC(CO)CNC(=O)CNC(=O)Cc1cccc2ccccc12. The van der Waals surface area contributed by atoms with Crippen molar-refractivity contribution in [2.75, 3.05) is 19.7 Å². The van der Waals surface area contributed by atoms with Crippen LogP contribution in [0, 0.1) is 5.92 Å². The van der Waals surface area contributed by atoms with Crippen LogP contribution in [0.25, 0.3) is 10.8 Å². The zero-order chi connectivity index (χ0) is 16.7. The monoisotopic (exact) mass is 314 g/mol. The lowest BCUT2D eigenvalue weighted by molar-refractivity contribution is -0.125. The Balaban J connectivity index is 1.86. The standard InChI is InChI=1S/C18H22N2O3/c1-13(12-21)10-19-18(23)11-20-17(22)9-15-7-4-6-14-5-2-3-8-16(14)15/h2-8,13,21H,9-12H2,1H3,(H,19,23)(H,20,22). The number of hydrogen-bond acceptors (Lipinski definition) is 3. The summed E-state index contributed by atoms with van der Waals surface area (Å²) in [5, 5.41) is 16.3. The Morgan fingerprint density at radius 3 is 2.57 bits per heavy atom. The normalized spacial score (nSPS) is 11.9. The van der Waals surface area contributed by atoms with Crippen molar-refractivity contribution in [1.29, 1.82) is 0 Å². The van der Waals surface area contributed by atoms with Crippen LogP contribution in [-0.2, 0) is 16.0 Å². The molecule has 0 aliphatic carbocycles. The zero-order valence-corrected chi connectivity index (χ0v) is 13.2. The third-order valence-electron chi connectivity index (χ3n) is 3.64. The first-order valence-corrected chi connectivity index (χ1v) is 7.71. The molecule has 0 saturated carbocycles. The first-order chi connectivity index (χ1) is 11.1. The van der Waals surface area contributed by atoms with E-state index in [1.54, 1.807) is 0 Å². The van der Waals surface area contributed by atoms with E-state index < -0.39 is 0 Å². The molecule has 0 spiro atoms. The minimum Gasteiger partial charge on any atom is -0.396 e. The Labute approximate surface area is 135 Å². The molecule has 5 nitrogen and oxygen atoms in total. The van der Waals surface area contributed by atoms with Crippen LogP contribution in [0.1, 0.15) is 12.5 Å². The molecule has 1 atom stereocenters. The van der Waals surface area contributed by atoms with E-state index in [1.165, 1.54) is 0 Å². The van der Waals surface area contributed by atoms with Crippen LogP contribution in [-0.4, -0.2) is 36.6 Å². The van der Waals surface area contributed by atoms with Crippen molar-refractivity contribution >= 4 is 22.6 Å². The molecule has 2 aromatic carbocycles. The Hall–Kier alpha value is -2.40. The summed E-state index contributed by atoms with van der Waals surface area (Å²) in [6, 6.07) is 13.8. The van der Waals surface area contributed by atoms with E-state index in [2.05, 4.69) is 10.6 Å². The van der Waals surface area contributed by atoms with E-state index in [4.69, 9.17) is 5.11 Å². The van der Waals surface area contributed by atoms with E-state index in [0.717, 1.165) is 16.3 Å². The molecule has 122 valence electrons. The fraction of sp³-hybridized carbons (Fsp3) is 0.333. The summed E-state index contributed by atoms with van der Waals surface area (Å²) in [5.74, 6) is -0.436. The van der Waals surface area contributed by atoms with E-state index in [0.29, 0.717) is 6.54 Å². The van der Waals surface area contributed by atoms with Crippen LogP contribution in [0.2, 0.25) is 0 Å². The highest BCUT2D eigenvalue weighted by molar-refractivity contribution is 5.91. The number of carbonyl (C=O) groups is 2. The Morgan fingerprint density at radius 2 is 1.78 bits per heavy atom. The highest BCUT2D eigenvalue weighted by atomic mass is 16.3. The molecule has 5 heteroatoms. The van der Waals surface area contributed by atoms with Crippen molar-refractivity contribution < 1.29 is 14.7 Å². The summed E-state index contributed by atoms with van der Waals surface area (Å²) in [5.41, 5.74) is 0.940. The third-order valence-corrected chi connectivity index (χ3v) is 3.64. The fourth-order valence-corrected chi connectivity index (χ4v) is 2.28. The minimum absolute atomic E-state index is 0.00494. The zero-order valence-electron chi connectivity index (χ0n) is 13.2. The first kappa shape index (κ1) is 17.0. The molecular formula is C18H22N2O3. The number of aliphatic hydroxyl groups is 1. The van der Waals surface area contributed by atoms with Gasteiger partial charge in [0.1, 0.15) is 0 Å². The van der Waals surface area contributed by atoms with Crippen molar-refractivity contribution in [2.45, 2.75) is 13.3 Å². The molecule has 2 rings (SSSR count). The van der Waals surface area contributed by atoms with Gasteiger partial charge in [-0.2, -0.15) is 0 Å². The quantitative estimate of drug-likeness (QED) is 0.719. The lowest BCUT2D eigenvalue weighted by Gasteiger charge is -2.11. The molecule has 0 heterocycles. The number of carbonyl (C=O) groups excluding carboxylic acids is 2. The van der Waals surface area contributed by atoms with Crippen LogP contribution >= 0.6 is 0 Å². The van der Waals surface area contributed by atoms with Gasteiger partial charge in [0.25, 0.3) is 0 Å². The number of amides is 2. The van der Waals surface area contributed by atoms with Gasteiger partial charge in [-0.3, -0.25) is 9.59 Å². The summed E-state index contributed by atoms with van der Waals surface area (Å²) >= 11 is 0. The average Bonchev–Trinajstić information content (AvgIpc) is 2.58. The maximum Gasteiger partial charge on any atom is 0.239 e. The molecular weight excluding hydrogens is 292 g/mol. The number of benzene rings is 2. The summed E-state index contributed by atoms with van der Waals surface area (Å²) < 4.78 is 0. The molecule has 0 bridgehead atoms. The molecule has 0 aliphatic heterocycles. The molecule has 0 radical (unpaired) electrons. The van der Waals surface area contributed by atoms with Crippen molar-refractivity contribution in [3.05, 3.63) is 48.0 Å². The number of hydrogen-bond donors (Lipinski definition) is 3. The molecule has 2 amide bonds. The lowest BCUT2D eigenvalue weighted by Crippen LogP contribution is -2.39. The molecule has 0 saturated heterocycles. The van der Waals surface area contributed by atoms with Gasteiger partial charge < -0.3 is 15.7 Å². The van der Waals surface area contributed by atoms with E-state index >= 15 is 0 Å². The molecule has 3 N–H and O–H groups in total. The molecule has 2 aromatic rings. The smallest absolute Gasteiger partial charge is 0.239 e. The average molecular weight is 314 g/mol. The van der Waals surface area contributed by atoms with Gasteiger partial charge in [-0.25, -0.2) is 0 Å². The van der Waals surface area contributed by atoms with Gasteiger partial charge in [0, 0.05) is 13.2 Å². The second-order valence-corrected chi connectivity index (χ2v) is 5.68. The topological polar surface area (TPSA) is 78.4 Å². The summed E-state index contributed by atoms with van der Waals surface area (Å²) in [4.78, 5) is 23.6. The molecule has 0 fully saturated rings. The van der Waals surface area contributed by atoms with Crippen LogP contribution in [0.15, 0.2) is 42.5 Å². The third kappa shape index (κ3) is 5.07. The predicted molar refractivity (Wildman–Crippen MR) is 89.9 cm³/mol. The highest BCUT2D eigenvalue weighted by Gasteiger charge is 2.09. The summed E-state index contributed by atoms with van der Waals surface area (Å²) in [6.45, 7) is 2.20. The second kappa shape index (κ2) is 8.29. The van der Waals surface area contributed by atoms with Gasteiger partial charge >= 0.3 is 0 Å². The van der Waals surface area contributed by atoms with Crippen molar-refractivity contribution in [1.82, 2.24) is 10.6 Å². The van der Waals surface area contributed by atoms with E-state index in [-0.39, 0.29) is 37.3 Å². The summed E-state index contributed by atoms with van der Waals surface area (Å²) in [6.07, 6.45) is 0.238.